The van der Waals surface area contributed by atoms with Crippen molar-refractivity contribution >= 4 is 40.8 Å². The fourth-order valence-electron chi connectivity index (χ4n) is 3.16. The Kier molecular flexibility index (Phi) is 9.17. The van der Waals surface area contributed by atoms with Crippen molar-refractivity contribution in [2.75, 3.05) is 20.1 Å². The molecule has 0 radical (unpaired) electrons. The van der Waals surface area contributed by atoms with E-state index in [1.165, 1.54) is 12.1 Å². The number of benzene rings is 1. The second kappa shape index (κ2) is 11.6. The summed E-state index contributed by atoms with van der Waals surface area (Å²) >= 11 is 0. The van der Waals surface area contributed by atoms with E-state index in [9.17, 15) is 9.18 Å². The molecule has 8 heteroatoms. The minimum absolute atomic E-state index is 0. The van der Waals surface area contributed by atoms with Gasteiger partial charge in [-0.25, -0.2) is 4.39 Å². The van der Waals surface area contributed by atoms with Crippen LogP contribution in [0.15, 0.2) is 58.6 Å². The number of aromatic nitrogens is 2. The van der Waals surface area contributed by atoms with Gasteiger partial charge in [0.25, 0.3) is 0 Å². The van der Waals surface area contributed by atoms with E-state index in [-0.39, 0.29) is 35.4 Å². The third-order valence-electron chi connectivity index (χ3n) is 4.66. The molecular weight excluding hydrogens is 484 g/mol. The summed E-state index contributed by atoms with van der Waals surface area (Å²) in [6.07, 6.45) is 6.40. The summed E-state index contributed by atoms with van der Waals surface area (Å²) in [5.74, 6) is 0.517. The zero-order valence-electron chi connectivity index (χ0n) is 16.5. The second-order valence-electron chi connectivity index (χ2n) is 6.62. The van der Waals surface area contributed by atoms with Crippen LogP contribution < -0.4 is 16.2 Å². The lowest BCUT2D eigenvalue weighted by atomic mass is 10.1. The molecule has 156 valence electrons. The lowest BCUT2D eigenvalue weighted by molar-refractivity contribution is 0.585. The quantitative estimate of drug-likeness (QED) is 0.188. The molecule has 3 N–H and O–H groups in total. The van der Waals surface area contributed by atoms with Crippen molar-refractivity contribution in [1.82, 2.24) is 20.2 Å². The summed E-state index contributed by atoms with van der Waals surface area (Å²) < 4.78 is 15.0. The Morgan fingerprint density at radius 2 is 2.00 bits per heavy atom. The van der Waals surface area contributed by atoms with Crippen molar-refractivity contribution in [3.8, 4) is 0 Å². The summed E-state index contributed by atoms with van der Waals surface area (Å²) in [5.41, 5.74) is 1.99. The van der Waals surface area contributed by atoms with E-state index in [0.29, 0.717) is 6.54 Å². The van der Waals surface area contributed by atoms with Crippen LogP contribution in [0.2, 0.25) is 0 Å². The molecule has 6 nitrogen and oxygen atoms in total. The van der Waals surface area contributed by atoms with Gasteiger partial charge < -0.3 is 20.2 Å². The number of nitrogens with zero attached hydrogens (tertiary/aromatic N) is 2. The highest BCUT2D eigenvalue weighted by atomic mass is 127. The fraction of sp³-hybridized carbons (Fsp3) is 0.333. The first kappa shape index (κ1) is 22.9. The third-order valence-corrected chi connectivity index (χ3v) is 4.66. The van der Waals surface area contributed by atoms with Gasteiger partial charge in [-0.1, -0.05) is 6.07 Å². The first-order valence-corrected chi connectivity index (χ1v) is 9.53. The maximum atomic E-state index is 13.3. The summed E-state index contributed by atoms with van der Waals surface area (Å²) in [5, 5.41) is 7.63. The third kappa shape index (κ3) is 6.59. The molecule has 0 saturated heterocycles. The Morgan fingerprint density at radius 3 is 2.79 bits per heavy atom. The zero-order valence-corrected chi connectivity index (χ0v) is 18.8. The van der Waals surface area contributed by atoms with Crippen LogP contribution in [0.4, 0.5) is 4.39 Å². The molecule has 2 aromatic heterocycles. The van der Waals surface area contributed by atoms with Gasteiger partial charge in [-0.3, -0.25) is 9.79 Å². The van der Waals surface area contributed by atoms with Crippen molar-refractivity contribution < 1.29 is 4.39 Å². The van der Waals surface area contributed by atoms with Crippen LogP contribution in [-0.4, -0.2) is 35.6 Å². The highest BCUT2D eigenvalue weighted by molar-refractivity contribution is 14.0. The summed E-state index contributed by atoms with van der Waals surface area (Å²) in [6, 6.07) is 10.0. The maximum absolute atomic E-state index is 13.3. The van der Waals surface area contributed by atoms with E-state index in [0.717, 1.165) is 54.8 Å². The molecule has 29 heavy (non-hydrogen) atoms. The van der Waals surface area contributed by atoms with E-state index in [1.807, 2.05) is 24.5 Å². The van der Waals surface area contributed by atoms with Gasteiger partial charge in [0.05, 0.1) is 0 Å². The molecule has 2 heterocycles. The lowest BCUT2D eigenvalue weighted by Crippen LogP contribution is -2.38. The Labute approximate surface area is 186 Å². The molecule has 0 unspecified atom stereocenters. The van der Waals surface area contributed by atoms with E-state index in [1.54, 1.807) is 23.7 Å². The molecule has 0 amide bonds. The summed E-state index contributed by atoms with van der Waals surface area (Å²) in [4.78, 5) is 19.0. The molecular formula is C21H27FIN5O. The van der Waals surface area contributed by atoms with Gasteiger partial charge in [0.15, 0.2) is 5.96 Å². The number of unbranched alkanes of at least 4 members (excludes halogenated alkanes) is 1. The second-order valence-corrected chi connectivity index (χ2v) is 6.62. The topological polar surface area (TPSA) is 74.2 Å². The number of halogens is 2. The van der Waals surface area contributed by atoms with Crippen molar-refractivity contribution in [3.05, 3.63) is 70.5 Å². The number of H-pyrrole nitrogens is 1. The Bertz CT molecular complexity index is 998. The zero-order chi connectivity index (χ0) is 19.8. The van der Waals surface area contributed by atoms with E-state index in [4.69, 9.17) is 0 Å². The smallest absolute Gasteiger partial charge is 0.250 e. The molecule has 0 saturated carbocycles. The standard InChI is InChI=1S/C21H26FN5O.HI/c1-23-21(24-10-3-5-13-27-12-4-2-6-20(27)28)25-11-9-16-15-26-19-14-17(22)7-8-18(16)19;/h2,4,6-8,12,14-15,26H,3,5,9-11,13H2,1H3,(H2,23,24,25);1H. The number of fused-ring (bicyclic) bond motifs is 1. The molecule has 0 aliphatic rings. The number of aliphatic imine (C=N–C) groups is 1. The molecule has 0 atom stereocenters. The van der Waals surface area contributed by atoms with E-state index in [2.05, 4.69) is 20.6 Å². The monoisotopic (exact) mass is 511 g/mol. The average Bonchev–Trinajstić information content (AvgIpc) is 3.09. The van der Waals surface area contributed by atoms with Gasteiger partial charge in [-0.05, 0) is 49.1 Å². The van der Waals surface area contributed by atoms with Gasteiger partial charge in [-0.15, -0.1) is 24.0 Å². The summed E-state index contributed by atoms with van der Waals surface area (Å²) in [7, 11) is 1.74. The number of hydrogen-bond donors (Lipinski definition) is 3. The molecule has 0 spiro atoms. The van der Waals surface area contributed by atoms with Crippen molar-refractivity contribution in [1.29, 1.82) is 0 Å². The number of aromatic amines is 1. The van der Waals surface area contributed by atoms with Crippen LogP contribution in [0.1, 0.15) is 18.4 Å². The largest absolute Gasteiger partial charge is 0.361 e. The molecule has 1 aromatic carbocycles. The SMILES string of the molecule is CN=C(NCCCCn1ccccc1=O)NCCc1c[nH]c2cc(F)ccc12.I. The Hall–Kier alpha value is -2.36. The Balaban J connectivity index is 0.00000300. The van der Waals surface area contributed by atoms with Crippen molar-refractivity contribution in [2.24, 2.45) is 4.99 Å². The van der Waals surface area contributed by atoms with Crippen LogP contribution in [-0.2, 0) is 13.0 Å². The van der Waals surface area contributed by atoms with Crippen molar-refractivity contribution in [3.63, 3.8) is 0 Å². The van der Waals surface area contributed by atoms with E-state index < -0.39 is 0 Å². The maximum Gasteiger partial charge on any atom is 0.250 e. The van der Waals surface area contributed by atoms with Crippen LogP contribution in [0.3, 0.4) is 0 Å². The normalized spacial score (nSPS) is 11.3. The number of pyridine rings is 1. The molecule has 0 fully saturated rings. The molecule has 0 aliphatic carbocycles. The minimum Gasteiger partial charge on any atom is -0.361 e. The molecule has 0 bridgehead atoms. The number of aryl methyl sites for hydroxylation is 1. The van der Waals surface area contributed by atoms with Crippen LogP contribution in [0, 0.1) is 5.82 Å². The first-order valence-electron chi connectivity index (χ1n) is 9.53. The molecule has 3 rings (SSSR count). The Morgan fingerprint density at radius 1 is 1.17 bits per heavy atom. The predicted molar refractivity (Wildman–Crippen MR) is 127 cm³/mol. The minimum atomic E-state index is -0.235. The van der Waals surface area contributed by atoms with Gasteiger partial charge in [0, 0.05) is 56.0 Å². The van der Waals surface area contributed by atoms with Crippen LogP contribution >= 0.6 is 24.0 Å². The van der Waals surface area contributed by atoms with Gasteiger partial charge in [0.2, 0.25) is 5.56 Å². The van der Waals surface area contributed by atoms with Crippen molar-refractivity contribution in [2.45, 2.75) is 25.8 Å². The van der Waals surface area contributed by atoms with Gasteiger partial charge in [-0.2, -0.15) is 0 Å². The molecule has 0 aliphatic heterocycles. The first-order chi connectivity index (χ1) is 13.7. The van der Waals surface area contributed by atoms with E-state index >= 15 is 0 Å². The number of guanidine groups is 1. The van der Waals surface area contributed by atoms with Crippen LogP contribution in [0.5, 0.6) is 0 Å². The summed E-state index contributed by atoms with van der Waals surface area (Å²) in [6.45, 7) is 2.23. The average molecular weight is 511 g/mol. The fourth-order valence-corrected chi connectivity index (χ4v) is 3.16. The van der Waals surface area contributed by atoms with Crippen LogP contribution in [0.25, 0.3) is 10.9 Å². The number of rotatable bonds is 8. The highest BCUT2D eigenvalue weighted by Crippen LogP contribution is 2.19. The number of hydrogen-bond acceptors (Lipinski definition) is 2. The highest BCUT2D eigenvalue weighted by Gasteiger charge is 2.05. The van der Waals surface area contributed by atoms with Gasteiger partial charge in [0.1, 0.15) is 5.82 Å². The van der Waals surface area contributed by atoms with Gasteiger partial charge >= 0.3 is 0 Å². The number of nitrogens with one attached hydrogen (secondary N) is 3. The predicted octanol–water partition coefficient (Wildman–Crippen LogP) is 3.27. The molecule has 3 aromatic rings. The lowest BCUT2D eigenvalue weighted by Gasteiger charge is -2.12.